The SMILES string of the molecule is Nc1nnc(CCNC(=O)CN2CC[C@H](c3ccccc3)C2)s1. The predicted octanol–water partition coefficient (Wildman–Crippen LogP) is 1.27. The number of rotatable bonds is 6. The van der Waals surface area contributed by atoms with Gasteiger partial charge in [0.05, 0.1) is 6.54 Å². The molecule has 1 atom stereocenters. The van der Waals surface area contributed by atoms with Crippen molar-refractivity contribution in [2.45, 2.75) is 18.8 Å². The molecule has 122 valence electrons. The van der Waals surface area contributed by atoms with E-state index in [2.05, 4.69) is 44.7 Å². The van der Waals surface area contributed by atoms with Gasteiger partial charge in [0.2, 0.25) is 11.0 Å². The van der Waals surface area contributed by atoms with Crippen LogP contribution in [0, 0.1) is 0 Å². The Balaban J connectivity index is 1.39. The van der Waals surface area contributed by atoms with Crippen molar-refractivity contribution >= 4 is 22.4 Å². The van der Waals surface area contributed by atoms with Gasteiger partial charge in [0, 0.05) is 19.5 Å². The van der Waals surface area contributed by atoms with Crippen LogP contribution in [0.25, 0.3) is 0 Å². The molecule has 1 aromatic carbocycles. The molecule has 0 spiro atoms. The van der Waals surface area contributed by atoms with E-state index >= 15 is 0 Å². The van der Waals surface area contributed by atoms with E-state index in [1.54, 1.807) is 0 Å². The highest BCUT2D eigenvalue weighted by Gasteiger charge is 2.24. The highest BCUT2D eigenvalue weighted by atomic mass is 32.1. The summed E-state index contributed by atoms with van der Waals surface area (Å²) in [5.74, 6) is 0.601. The van der Waals surface area contributed by atoms with Crippen molar-refractivity contribution in [1.82, 2.24) is 20.4 Å². The predicted molar refractivity (Wildman–Crippen MR) is 91.3 cm³/mol. The number of aromatic nitrogens is 2. The Morgan fingerprint density at radius 2 is 2.17 bits per heavy atom. The minimum absolute atomic E-state index is 0.0659. The molecule has 0 saturated carbocycles. The van der Waals surface area contributed by atoms with E-state index in [1.807, 2.05) is 6.07 Å². The molecule has 1 aliphatic rings. The molecule has 6 nitrogen and oxygen atoms in total. The number of hydrogen-bond donors (Lipinski definition) is 2. The van der Waals surface area contributed by atoms with E-state index in [9.17, 15) is 4.79 Å². The molecule has 3 N–H and O–H groups in total. The van der Waals surface area contributed by atoms with Gasteiger partial charge in [-0.2, -0.15) is 0 Å². The average molecular weight is 331 g/mol. The van der Waals surface area contributed by atoms with Gasteiger partial charge in [0.1, 0.15) is 5.01 Å². The fourth-order valence-corrected chi connectivity index (χ4v) is 3.52. The molecule has 1 saturated heterocycles. The highest BCUT2D eigenvalue weighted by Crippen LogP contribution is 2.26. The van der Waals surface area contributed by atoms with Gasteiger partial charge in [-0.3, -0.25) is 9.69 Å². The number of anilines is 1. The quantitative estimate of drug-likeness (QED) is 0.833. The lowest BCUT2D eigenvalue weighted by Gasteiger charge is -2.15. The van der Waals surface area contributed by atoms with E-state index in [1.165, 1.54) is 16.9 Å². The number of nitrogens with one attached hydrogen (secondary N) is 1. The summed E-state index contributed by atoms with van der Waals surface area (Å²) in [6.45, 7) is 2.95. The summed E-state index contributed by atoms with van der Waals surface area (Å²) in [6.07, 6.45) is 1.79. The van der Waals surface area contributed by atoms with Crippen LogP contribution in [0.15, 0.2) is 30.3 Å². The molecule has 7 heteroatoms. The number of benzene rings is 1. The van der Waals surface area contributed by atoms with Gasteiger partial charge < -0.3 is 11.1 Å². The standard InChI is InChI=1S/C16H21N5OS/c17-16-20-19-15(23-16)6-8-18-14(22)11-21-9-7-13(10-21)12-4-2-1-3-5-12/h1-5,13H,6-11H2,(H2,17,20)(H,18,22)/t13-/m0/s1. The minimum Gasteiger partial charge on any atom is -0.374 e. The van der Waals surface area contributed by atoms with Gasteiger partial charge in [0.15, 0.2) is 0 Å². The number of nitrogens with two attached hydrogens (primary N) is 1. The molecule has 0 bridgehead atoms. The van der Waals surface area contributed by atoms with Crippen LogP contribution in [0.2, 0.25) is 0 Å². The van der Waals surface area contributed by atoms with E-state index in [4.69, 9.17) is 5.73 Å². The first-order valence-electron chi connectivity index (χ1n) is 7.82. The van der Waals surface area contributed by atoms with Crippen molar-refractivity contribution in [2.75, 3.05) is 31.9 Å². The molecule has 1 aromatic heterocycles. The molecule has 2 heterocycles. The maximum Gasteiger partial charge on any atom is 0.234 e. The number of carbonyl (C=O) groups is 1. The molecule has 1 aliphatic heterocycles. The molecule has 3 rings (SSSR count). The smallest absolute Gasteiger partial charge is 0.234 e. The van der Waals surface area contributed by atoms with Crippen molar-refractivity contribution in [1.29, 1.82) is 0 Å². The van der Waals surface area contributed by atoms with Gasteiger partial charge in [-0.1, -0.05) is 41.7 Å². The lowest BCUT2D eigenvalue weighted by atomic mass is 9.99. The lowest BCUT2D eigenvalue weighted by molar-refractivity contribution is -0.121. The third-order valence-corrected chi connectivity index (χ3v) is 4.87. The molecular formula is C16H21N5OS. The minimum atomic E-state index is 0.0659. The Kier molecular flexibility index (Phi) is 5.19. The van der Waals surface area contributed by atoms with Crippen LogP contribution < -0.4 is 11.1 Å². The second-order valence-corrected chi connectivity index (χ2v) is 6.86. The second kappa shape index (κ2) is 7.52. The summed E-state index contributed by atoms with van der Waals surface area (Å²) in [6, 6.07) is 10.5. The zero-order chi connectivity index (χ0) is 16.1. The first kappa shape index (κ1) is 15.9. The number of hydrogen-bond acceptors (Lipinski definition) is 6. The summed E-state index contributed by atoms with van der Waals surface area (Å²) < 4.78 is 0. The van der Waals surface area contributed by atoms with Gasteiger partial charge in [-0.05, 0) is 24.4 Å². The second-order valence-electron chi connectivity index (χ2n) is 5.77. The number of nitrogens with zero attached hydrogens (tertiary/aromatic N) is 3. The molecular weight excluding hydrogens is 310 g/mol. The van der Waals surface area contributed by atoms with Crippen LogP contribution in [0.3, 0.4) is 0 Å². The summed E-state index contributed by atoms with van der Waals surface area (Å²) in [4.78, 5) is 14.2. The van der Waals surface area contributed by atoms with Gasteiger partial charge in [-0.25, -0.2) is 0 Å². The van der Waals surface area contributed by atoms with Crippen LogP contribution in [0.5, 0.6) is 0 Å². The summed E-state index contributed by atoms with van der Waals surface area (Å²) in [7, 11) is 0. The summed E-state index contributed by atoms with van der Waals surface area (Å²) in [5.41, 5.74) is 6.90. The van der Waals surface area contributed by atoms with E-state index in [0.717, 1.165) is 24.5 Å². The fraction of sp³-hybridized carbons (Fsp3) is 0.438. The van der Waals surface area contributed by atoms with E-state index < -0.39 is 0 Å². The number of nitrogen functional groups attached to an aromatic ring is 1. The highest BCUT2D eigenvalue weighted by molar-refractivity contribution is 7.15. The third kappa shape index (κ3) is 4.49. The van der Waals surface area contributed by atoms with Crippen molar-refractivity contribution in [3.05, 3.63) is 40.9 Å². The molecule has 2 aromatic rings. The molecule has 0 aliphatic carbocycles. The largest absolute Gasteiger partial charge is 0.374 e. The molecule has 0 radical (unpaired) electrons. The Hall–Kier alpha value is -1.99. The normalized spacial score (nSPS) is 18.2. The average Bonchev–Trinajstić information content (AvgIpc) is 3.17. The van der Waals surface area contributed by atoms with E-state index in [-0.39, 0.29) is 5.91 Å². The Morgan fingerprint density at radius 1 is 1.35 bits per heavy atom. The van der Waals surface area contributed by atoms with Gasteiger partial charge >= 0.3 is 0 Å². The first-order chi connectivity index (χ1) is 11.2. The molecule has 23 heavy (non-hydrogen) atoms. The Bertz CT molecular complexity index is 645. The number of carbonyl (C=O) groups excluding carboxylic acids is 1. The van der Waals surface area contributed by atoms with Gasteiger partial charge in [-0.15, -0.1) is 10.2 Å². The van der Waals surface area contributed by atoms with Crippen LogP contribution in [0.4, 0.5) is 5.13 Å². The molecule has 1 fully saturated rings. The van der Waals surface area contributed by atoms with E-state index in [0.29, 0.717) is 30.6 Å². The van der Waals surface area contributed by atoms with Crippen LogP contribution in [-0.2, 0) is 11.2 Å². The molecule has 0 unspecified atom stereocenters. The third-order valence-electron chi connectivity index (χ3n) is 4.05. The Labute approximate surface area is 139 Å². The van der Waals surface area contributed by atoms with Crippen LogP contribution >= 0.6 is 11.3 Å². The zero-order valence-corrected chi connectivity index (χ0v) is 13.8. The van der Waals surface area contributed by atoms with Crippen LogP contribution in [0.1, 0.15) is 22.9 Å². The summed E-state index contributed by atoms with van der Waals surface area (Å²) in [5, 5.41) is 12.0. The van der Waals surface area contributed by atoms with Crippen molar-refractivity contribution in [3.8, 4) is 0 Å². The fourth-order valence-electron chi connectivity index (χ4n) is 2.91. The van der Waals surface area contributed by atoms with Crippen molar-refractivity contribution in [2.24, 2.45) is 0 Å². The maximum absolute atomic E-state index is 12.0. The lowest BCUT2D eigenvalue weighted by Crippen LogP contribution is -2.36. The monoisotopic (exact) mass is 331 g/mol. The molecule has 1 amide bonds. The Morgan fingerprint density at radius 3 is 2.91 bits per heavy atom. The van der Waals surface area contributed by atoms with Gasteiger partial charge in [0.25, 0.3) is 0 Å². The topological polar surface area (TPSA) is 84.1 Å². The van der Waals surface area contributed by atoms with Crippen LogP contribution in [-0.4, -0.2) is 47.2 Å². The van der Waals surface area contributed by atoms with Crippen molar-refractivity contribution < 1.29 is 4.79 Å². The maximum atomic E-state index is 12.0. The zero-order valence-electron chi connectivity index (χ0n) is 12.9. The van der Waals surface area contributed by atoms with Crippen molar-refractivity contribution in [3.63, 3.8) is 0 Å². The first-order valence-corrected chi connectivity index (χ1v) is 8.64. The number of likely N-dealkylation sites (tertiary alicyclic amines) is 1. The summed E-state index contributed by atoms with van der Waals surface area (Å²) >= 11 is 1.36. The number of amides is 1.